The fraction of sp³-hybridized carbons (Fsp3) is 0.400. The van der Waals surface area contributed by atoms with E-state index in [4.69, 9.17) is 0 Å². The van der Waals surface area contributed by atoms with Gasteiger partial charge in [-0.3, -0.25) is 0 Å². The van der Waals surface area contributed by atoms with Crippen LogP contribution >= 0.6 is 0 Å². The molecule has 0 saturated heterocycles. The molecule has 15 heavy (non-hydrogen) atoms. The molecular formula is C10H15N5. The van der Waals surface area contributed by atoms with Gasteiger partial charge in [0.1, 0.15) is 5.82 Å². The van der Waals surface area contributed by atoms with Gasteiger partial charge in [0.15, 0.2) is 0 Å². The summed E-state index contributed by atoms with van der Waals surface area (Å²) in [6.07, 6.45) is 6.39. The molecule has 0 saturated carbocycles. The molecular weight excluding hydrogens is 190 g/mol. The van der Waals surface area contributed by atoms with E-state index in [9.17, 15) is 0 Å². The molecule has 0 fully saturated rings. The van der Waals surface area contributed by atoms with Crippen LogP contribution in [0, 0.1) is 0 Å². The van der Waals surface area contributed by atoms with Gasteiger partial charge in [0.25, 0.3) is 0 Å². The predicted molar refractivity (Wildman–Crippen MR) is 58.4 cm³/mol. The minimum absolute atomic E-state index is 0.745. The van der Waals surface area contributed by atoms with Crippen LogP contribution in [0.25, 0.3) is 0 Å². The second-order valence-electron chi connectivity index (χ2n) is 3.37. The molecule has 0 aliphatic rings. The molecule has 0 spiro atoms. The summed E-state index contributed by atoms with van der Waals surface area (Å²) in [6.45, 7) is 3.83. The number of hydrogen-bond acceptors (Lipinski definition) is 3. The van der Waals surface area contributed by atoms with Crippen LogP contribution in [0.5, 0.6) is 0 Å². The Morgan fingerprint density at radius 1 is 1.53 bits per heavy atom. The summed E-state index contributed by atoms with van der Waals surface area (Å²) >= 11 is 0. The van der Waals surface area contributed by atoms with Crippen molar-refractivity contribution in [3.05, 3.63) is 30.5 Å². The third-order valence-electron chi connectivity index (χ3n) is 2.17. The molecule has 0 amide bonds. The van der Waals surface area contributed by atoms with Gasteiger partial charge in [0.2, 0.25) is 0 Å². The number of rotatable bonds is 5. The largest absolute Gasteiger partial charge is 0.365 e. The van der Waals surface area contributed by atoms with E-state index in [0.29, 0.717) is 0 Å². The molecule has 2 aromatic rings. The maximum atomic E-state index is 4.23. The quantitative estimate of drug-likeness (QED) is 0.780. The molecule has 2 rings (SSSR count). The van der Waals surface area contributed by atoms with Crippen molar-refractivity contribution < 1.29 is 0 Å². The Kier molecular flexibility index (Phi) is 3.02. The van der Waals surface area contributed by atoms with Crippen molar-refractivity contribution in [2.24, 2.45) is 0 Å². The van der Waals surface area contributed by atoms with Crippen LogP contribution in [-0.2, 0) is 13.1 Å². The molecule has 2 aromatic heterocycles. The molecule has 0 unspecified atom stereocenters. The monoisotopic (exact) mass is 205 g/mol. The minimum atomic E-state index is 0.745. The number of aromatic amines is 1. The Morgan fingerprint density at radius 2 is 2.47 bits per heavy atom. The standard InChI is InChI=1S/C10H15N5/c1-2-5-15-10(3-4-14-15)12-7-9-6-11-8-13-9/h3-4,6,8,12H,2,5,7H2,1H3,(H,11,13). The summed E-state index contributed by atoms with van der Waals surface area (Å²) in [5.74, 6) is 1.05. The molecule has 5 nitrogen and oxygen atoms in total. The number of H-pyrrole nitrogens is 1. The summed E-state index contributed by atoms with van der Waals surface area (Å²) in [7, 11) is 0. The first-order valence-electron chi connectivity index (χ1n) is 5.13. The van der Waals surface area contributed by atoms with Crippen LogP contribution in [-0.4, -0.2) is 19.7 Å². The number of nitrogens with zero attached hydrogens (tertiary/aromatic N) is 3. The number of aryl methyl sites for hydroxylation is 1. The van der Waals surface area contributed by atoms with Crippen LogP contribution in [0.4, 0.5) is 5.82 Å². The van der Waals surface area contributed by atoms with Gasteiger partial charge in [0.05, 0.1) is 24.8 Å². The maximum absolute atomic E-state index is 4.23. The van der Waals surface area contributed by atoms with E-state index in [1.165, 1.54) is 0 Å². The second-order valence-corrected chi connectivity index (χ2v) is 3.37. The van der Waals surface area contributed by atoms with Gasteiger partial charge >= 0.3 is 0 Å². The SMILES string of the molecule is CCCn1nccc1NCc1cnc[nH]1. The molecule has 5 heteroatoms. The molecule has 0 aliphatic carbocycles. The Labute approximate surface area is 88.5 Å². The number of anilines is 1. The van der Waals surface area contributed by atoms with E-state index >= 15 is 0 Å². The fourth-order valence-corrected chi connectivity index (χ4v) is 1.44. The highest BCUT2D eigenvalue weighted by atomic mass is 15.3. The van der Waals surface area contributed by atoms with Gasteiger partial charge in [-0.2, -0.15) is 5.10 Å². The van der Waals surface area contributed by atoms with E-state index in [-0.39, 0.29) is 0 Å². The lowest BCUT2D eigenvalue weighted by Crippen LogP contribution is -2.07. The number of nitrogens with one attached hydrogen (secondary N) is 2. The van der Waals surface area contributed by atoms with E-state index in [1.54, 1.807) is 6.33 Å². The van der Waals surface area contributed by atoms with Gasteiger partial charge in [-0.1, -0.05) is 6.92 Å². The summed E-state index contributed by atoms with van der Waals surface area (Å²) in [5, 5.41) is 7.54. The van der Waals surface area contributed by atoms with E-state index in [1.807, 2.05) is 23.1 Å². The highest BCUT2D eigenvalue weighted by Crippen LogP contribution is 2.08. The van der Waals surface area contributed by atoms with Gasteiger partial charge in [-0.05, 0) is 6.42 Å². The first-order valence-corrected chi connectivity index (χ1v) is 5.13. The highest BCUT2D eigenvalue weighted by molar-refractivity contribution is 5.34. The zero-order valence-corrected chi connectivity index (χ0v) is 8.77. The average Bonchev–Trinajstić information content (AvgIpc) is 2.85. The Morgan fingerprint density at radius 3 is 3.20 bits per heavy atom. The molecule has 0 radical (unpaired) electrons. The summed E-state index contributed by atoms with van der Waals surface area (Å²) in [6, 6.07) is 1.98. The molecule has 2 N–H and O–H groups in total. The number of hydrogen-bond donors (Lipinski definition) is 2. The predicted octanol–water partition coefficient (Wildman–Crippen LogP) is 1.63. The van der Waals surface area contributed by atoms with Crippen molar-refractivity contribution in [2.75, 3.05) is 5.32 Å². The van der Waals surface area contributed by atoms with Crippen molar-refractivity contribution in [3.8, 4) is 0 Å². The van der Waals surface area contributed by atoms with Crippen LogP contribution in [0.2, 0.25) is 0 Å². The summed E-state index contributed by atoms with van der Waals surface area (Å²) in [5.41, 5.74) is 1.07. The zero-order valence-electron chi connectivity index (χ0n) is 8.77. The lowest BCUT2D eigenvalue weighted by molar-refractivity contribution is 0.607. The van der Waals surface area contributed by atoms with Crippen LogP contribution in [0.1, 0.15) is 19.0 Å². The first-order chi connectivity index (χ1) is 7.40. The number of aromatic nitrogens is 4. The van der Waals surface area contributed by atoms with Gasteiger partial charge in [-0.15, -0.1) is 0 Å². The van der Waals surface area contributed by atoms with Crippen LogP contribution in [0.3, 0.4) is 0 Å². The zero-order chi connectivity index (χ0) is 10.5. The van der Waals surface area contributed by atoms with Crippen molar-refractivity contribution in [1.82, 2.24) is 19.7 Å². The van der Waals surface area contributed by atoms with Crippen molar-refractivity contribution in [3.63, 3.8) is 0 Å². The molecule has 80 valence electrons. The summed E-state index contributed by atoms with van der Waals surface area (Å²) in [4.78, 5) is 7.01. The third-order valence-corrected chi connectivity index (χ3v) is 2.17. The van der Waals surface area contributed by atoms with Crippen molar-refractivity contribution in [1.29, 1.82) is 0 Å². The van der Waals surface area contributed by atoms with Crippen molar-refractivity contribution in [2.45, 2.75) is 26.4 Å². The smallest absolute Gasteiger partial charge is 0.124 e. The van der Waals surface area contributed by atoms with E-state index in [0.717, 1.165) is 31.0 Å². The van der Waals surface area contributed by atoms with E-state index in [2.05, 4.69) is 27.3 Å². The topological polar surface area (TPSA) is 58.5 Å². The van der Waals surface area contributed by atoms with Crippen LogP contribution in [0.15, 0.2) is 24.8 Å². The highest BCUT2D eigenvalue weighted by Gasteiger charge is 2.00. The molecule has 0 aromatic carbocycles. The lowest BCUT2D eigenvalue weighted by Gasteiger charge is -2.07. The lowest BCUT2D eigenvalue weighted by atomic mass is 10.4. The average molecular weight is 205 g/mol. The van der Waals surface area contributed by atoms with Gasteiger partial charge in [-0.25, -0.2) is 9.67 Å². The van der Waals surface area contributed by atoms with E-state index < -0.39 is 0 Å². The molecule has 2 heterocycles. The van der Waals surface area contributed by atoms with Crippen LogP contribution < -0.4 is 5.32 Å². The second kappa shape index (κ2) is 4.63. The third kappa shape index (κ3) is 2.37. The normalized spacial score (nSPS) is 10.5. The minimum Gasteiger partial charge on any atom is -0.365 e. The maximum Gasteiger partial charge on any atom is 0.124 e. The van der Waals surface area contributed by atoms with Gasteiger partial charge in [0, 0.05) is 18.8 Å². The Bertz CT molecular complexity index is 390. The summed E-state index contributed by atoms with van der Waals surface area (Å²) < 4.78 is 1.97. The van der Waals surface area contributed by atoms with Crippen molar-refractivity contribution >= 4 is 5.82 Å². The molecule has 0 aliphatic heterocycles. The van der Waals surface area contributed by atoms with Gasteiger partial charge < -0.3 is 10.3 Å². The molecule has 0 bridgehead atoms. The fourth-order valence-electron chi connectivity index (χ4n) is 1.44. The first kappa shape index (κ1) is 9.76. The Balaban J connectivity index is 1.95. The molecule has 0 atom stereocenters. The Hall–Kier alpha value is -1.78. The number of imidazole rings is 1.